The molecule has 0 aliphatic carbocycles. The van der Waals surface area contributed by atoms with E-state index in [0.717, 1.165) is 31.5 Å². The molecular formula is C15H19FN2O2. The number of halogens is 1. The lowest BCUT2D eigenvalue weighted by Gasteiger charge is -2.32. The first-order valence-corrected chi connectivity index (χ1v) is 6.86. The lowest BCUT2D eigenvalue weighted by molar-refractivity contribution is -0.00903. The Kier molecular flexibility index (Phi) is 5.48. The topological polar surface area (TPSA) is 56.5 Å². The van der Waals surface area contributed by atoms with Crippen LogP contribution in [0.1, 0.15) is 24.0 Å². The normalized spacial score (nSPS) is 17.1. The molecule has 2 rings (SSSR count). The van der Waals surface area contributed by atoms with Crippen LogP contribution in [0.5, 0.6) is 0 Å². The Labute approximate surface area is 118 Å². The molecule has 1 fully saturated rings. The van der Waals surface area contributed by atoms with E-state index in [9.17, 15) is 4.39 Å². The molecule has 1 aromatic rings. The molecule has 1 aliphatic rings. The molecule has 0 spiro atoms. The number of nitrogens with zero attached hydrogens (tertiary/aromatic N) is 2. The standard InChI is InChI=1S/C15H19FN2O2/c16-14-2-1-12(10-17)13(9-14)11-18-5-3-15(4-6-18)20-8-7-19/h1-2,9,15,19H,3-8,11H2. The predicted octanol–water partition coefficient (Wildman–Crippen LogP) is 1.67. The average Bonchev–Trinajstić information content (AvgIpc) is 2.47. The van der Waals surface area contributed by atoms with Gasteiger partial charge >= 0.3 is 0 Å². The maximum Gasteiger partial charge on any atom is 0.123 e. The number of hydrogen-bond donors (Lipinski definition) is 1. The van der Waals surface area contributed by atoms with Crippen LogP contribution in [0.25, 0.3) is 0 Å². The fraction of sp³-hybridized carbons (Fsp3) is 0.533. The largest absolute Gasteiger partial charge is 0.394 e. The van der Waals surface area contributed by atoms with Crippen LogP contribution < -0.4 is 0 Å². The number of nitriles is 1. The number of aliphatic hydroxyl groups excluding tert-OH is 1. The maximum absolute atomic E-state index is 13.3. The van der Waals surface area contributed by atoms with Gasteiger partial charge in [0.25, 0.3) is 0 Å². The van der Waals surface area contributed by atoms with Crippen LogP contribution in [0.3, 0.4) is 0 Å². The summed E-state index contributed by atoms with van der Waals surface area (Å²) in [5, 5.41) is 17.8. The van der Waals surface area contributed by atoms with Gasteiger partial charge in [-0.15, -0.1) is 0 Å². The number of aliphatic hydroxyl groups is 1. The van der Waals surface area contributed by atoms with E-state index in [4.69, 9.17) is 15.1 Å². The van der Waals surface area contributed by atoms with Crippen molar-refractivity contribution in [2.24, 2.45) is 0 Å². The first-order chi connectivity index (χ1) is 9.72. The fourth-order valence-electron chi connectivity index (χ4n) is 2.50. The Bertz CT molecular complexity index is 479. The first-order valence-electron chi connectivity index (χ1n) is 6.86. The molecule has 1 aliphatic heterocycles. The van der Waals surface area contributed by atoms with Crippen LogP contribution in [-0.2, 0) is 11.3 Å². The summed E-state index contributed by atoms with van der Waals surface area (Å²) >= 11 is 0. The number of benzene rings is 1. The van der Waals surface area contributed by atoms with Crippen LogP contribution in [0.4, 0.5) is 4.39 Å². The summed E-state index contributed by atoms with van der Waals surface area (Å²) in [5.74, 6) is -0.305. The van der Waals surface area contributed by atoms with Crippen molar-refractivity contribution < 1.29 is 14.2 Å². The van der Waals surface area contributed by atoms with Crippen LogP contribution >= 0.6 is 0 Å². The van der Waals surface area contributed by atoms with E-state index >= 15 is 0 Å². The van der Waals surface area contributed by atoms with Crippen LogP contribution in [0.15, 0.2) is 18.2 Å². The third-order valence-corrected chi connectivity index (χ3v) is 3.56. The lowest BCUT2D eigenvalue weighted by Crippen LogP contribution is -2.37. The number of likely N-dealkylation sites (tertiary alicyclic amines) is 1. The van der Waals surface area contributed by atoms with Crippen molar-refractivity contribution >= 4 is 0 Å². The first kappa shape index (κ1) is 14.9. The van der Waals surface area contributed by atoms with Crippen molar-refractivity contribution in [2.45, 2.75) is 25.5 Å². The van der Waals surface area contributed by atoms with Crippen molar-refractivity contribution in [2.75, 3.05) is 26.3 Å². The molecule has 0 amide bonds. The number of ether oxygens (including phenoxy) is 1. The molecule has 0 radical (unpaired) electrons. The maximum atomic E-state index is 13.3. The molecule has 108 valence electrons. The van der Waals surface area contributed by atoms with Crippen molar-refractivity contribution in [3.05, 3.63) is 35.1 Å². The SMILES string of the molecule is N#Cc1ccc(F)cc1CN1CCC(OCCO)CC1. The van der Waals surface area contributed by atoms with Gasteiger partial charge in [0, 0.05) is 19.6 Å². The zero-order valence-electron chi connectivity index (χ0n) is 11.4. The molecule has 4 nitrogen and oxygen atoms in total. The number of hydrogen-bond acceptors (Lipinski definition) is 4. The quantitative estimate of drug-likeness (QED) is 0.890. The van der Waals surface area contributed by atoms with Gasteiger partial charge in [0.1, 0.15) is 5.82 Å². The minimum absolute atomic E-state index is 0.0506. The van der Waals surface area contributed by atoms with Crippen LogP contribution in [-0.4, -0.2) is 42.4 Å². The smallest absolute Gasteiger partial charge is 0.123 e. The highest BCUT2D eigenvalue weighted by atomic mass is 19.1. The van der Waals surface area contributed by atoms with E-state index in [1.807, 2.05) is 0 Å². The number of piperidine rings is 1. The molecule has 0 unspecified atom stereocenters. The molecule has 1 saturated heterocycles. The summed E-state index contributed by atoms with van der Waals surface area (Å²) in [4.78, 5) is 2.20. The Hall–Kier alpha value is -1.48. The highest BCUT2D eigenvalue weighted by Crippen LogP contribution is 2.18. The molecular weight excluding hydrogens is 259 g/mol. The molecule has 0 bridgehead atoms. The lowest BCUT2D eigenvalue weighted by atomic mass is 10.0. The van der Waals surface area contributed by atoms with Gasteiger partial charge in [0.15, 0.2) is 0 Å². The highest BCUT2D eigenvalue weighted by molar-refractivity contribution is 5.37. The summed E-state index contributed by atoms with van der Waals surface area (Å²) in [6, 6.07) is 6.39. The molecule has 1 heterocycles. The monoisotopic (exact) mass is 278 g/mol. The summed E-state index contributed by atoms with van der Waals surface area (Å²) < 4.78 is 18.8. The van der Waals surface area contributed by atoms with Crippen molar-refractivity contribution in [3.63, 3.8) is 0 Å². The van der Waals surface area contributed by atoms with E-state index in [0.29, 0.717) is 18.7 Å². The Morgan fingerprint density at radius 3 is 2.80 bits per heavy atom. The molecule has 0 saturated carbocycles. The minimum atomic E-state index is -0.305. The Morgan fingerprint density at radius 2 is 2.15 bits per heavy atom. The third kappa shape index (κ3) is 4.01. The van der Waals surface area contributed by atoms with Crippen molar-refractivity contribution in [3.8, 4) is 6.07 Å². The van der Waals surface area contributed by atoms with Crippen LogP contribution in [0, 0.1) is 17.1 Å². The highest BCUT2D eigenvalue weighted by Gasteiger charge is 2.20. The summed E-state index contributed by atoms with van der Waals surface area (Å²) in [6.07, 6.45) is 2.00. The van der Waals surface area contributed by atoms with Gasteiger partial charge in [0.2, 0.25) is 0 Å². The van der Waals surface area contributed by atoms with Crippen molar-refractivity contribution in [1.29, 1.82) is 5.26 Å². The zero-order valence-corrected chi connectivity index (χ0v) is 11.4. The molecule has 5 heteroatoms. The molecule has 0 aromatic heterocycles. The average molecular weight is 278 g/mol. The van der Waals surface area contributed by atoms with Gasteiger partial charge < -0.3 is 9.84 Å². The van der Waals surface area contributed by atoms with Crippen LogP contribution in [0.2, 0.25) is 0 Å². The van der Waals surface area contributed by atoms with Gasteiger partial charge in [0.05, 0.1) is 31.0 Å². The van der Waals surface area contributed by atoms with Gasteiger partial charge in [-0.1, -0.05) is 0 Å². The molecule has 20 heavy (non-hydrogen) atoms. The fourth-order valence-corrected chi connectivity index (χ4v) is 2.50. The van der Waals surface area contributed by atoms with E-state index in [2.05, 4.69) is 11.0 Å². The third-order valence-electron chi connectivity index (χ3n) is 3.56. The van der Waals surface area contributed by atoms with Gasteiger partial charge in [-0.3, -0.25) is 4.90 Å². The van der Waals surface area contributed by atoms with Gasteiger partial charge in [-0.2, -0.15) is 5.26 Å². The summed E-state index contributed by atoms with van der Waals surface area (Å²) in [6.45, 7) is 2.74. The molecule has 0 atom stereocenters. The summed E-state index contributed by atoms with van der Waals surface area (Å²) in [7, 11) is 0. The van der Waals surface area contributed by atoms with E-state index < -0.39 is 0 Å². The van der Waals surface area contributed by atoms with E-state index in [1.54, 1.807) is 0 Å². The summed E-state index contributed by atoms with van der Waals surface area (Å²) in [5.41, 5.74) is 1.27. The van der Waals surface area contributed by atoms with Gasteiger partial charge in [-0.05, 0) is 36.6 Å². The second-order valence-electron chi connectivity index (χ2n) is 4.98. The predicted molar refractivity (Wildman–Crippen MR) is 72.5 cm³/mol. The second-order valence-corrected chi connectivity index (χ2v) is 4.98. The molecule has 1 N–H and O–H groups in total. The zero-order chi connectivity index (χ0) is 14.4. The second kappa shape index (κ2) is 7.34. The van der Waals surface area contributed by atoms with E-state index in [-0.39, 0.29) is 18.5 Å². The Balaban J connectivity index is 1.90. The molecule has 1 aromatic carbocycles. The van der Waals surface area contributed by atoms with Gasteiger partial charge in [-0.25, -0.2) is 4.39 Å². The number of rotatable bonds is 5. The minimum Gasteiger partial charge on any atom is -0.394 e. The van der Waals surface area contributed by atoms with Crippen molar-refractivity contribution in [1.82, 2.24) is 4.90 Å². The van der Waals surface area contributed by atoms with E-state index in [1.165, 1.54) is 18.2 Å². The Morgan fingerprint density at radius 1 is 1.40 bits per heavy atom.